The molecule has 0 aromatic rings. The van der Waals surface area contributed by atoms with Crippen molar-refractivity contribution < 1.29 is 19.1 Å². The van der Waals surface area contributed by atoms with Crippen LogP contribution in [-0.2, 0) is 14.3 Å². The highest BCUT2D eigenvalue weighted by Crippen LogP contribution is 2.21. The fourth-order valence-electron chi connectivity index (χ4n) is 2.27. The fraction of sp³-hybridized carbons (Fsp3) is 0.786. The van der Waals surface area contributed by atoms with Gasteiger partial charge < -0.3 is 15.0 Å². The SMILES string of the molecule is CC(C)(C)OC(=O)N1CCC(CCNC(=O)C(=O)NN)CC1. The van der Waals surface area contributed by atoms with Crippen molar-refractivity contribution in [2.45, 2.75) is 45.6 Å². The van der Waals surface area contributed by atoms with Crippen molar-refractivity contribution in [3.63, 3.8) is 0 Å². The summed E-state index contributed by atoms with van der Waals surface area (Å²) in [4.78, 5) is 35.8. The number of likely N-dealkylation sites (tertiary alicyclic amines) is 1. The van der Waals surface area contributed by atoms with E-state index in [-0.39, 0.29) is 6.09 Å². The Morgan fingerprint density at radius 2 is 1.77 bits per heavy atom. The predicted molar refractivity (Wildman–Crippen MR) is 80.5 cm³/mol. The maximum atomic E-state index is 11.9. The number of amides is 3. The molecular formula is C14H26N4O4. The minimum absolute atomic E-state index is 0.279. The maximum Gasteiger partial charge on any atom is 0.410 e. The smallest absolute Gasteiger partial charge is 0.410 e. The molecule has 1 heterocycles. The van der Waals surface area contributed by atoms with Crippen molar-refractivity contribution in [1.82, 2.24) is 15.6 Å². The molecule has 0 spiro atoms. The number of ether oxygens (including phenoxy) is 1. The molecule has 126 valence electrons. The fourth-order valence-corrected chi connectivity index (χ4v) is 2.27. The molecule has 0 aromatic heterocycles. The second-order valence-electron chi connectivity index (χ2n) is 6.43. The van der Waals surface area contributed by atoms with Crippen LogP contribution in [-0.4, -0.2) is 48.0 Å². The van der Waals surface area contributed by atoms with Crippen LogP contribution in [0.4, 0.5) is 4.79 Å². The zero-order valence-electron chi connectivity index (χ0n) is 13.5. The summed E-state index contributed by atoms with van der Waals surface area (Å²) >= 11 is 0. The lowest BCUT2D eigenvalue weighted by atomic mass is 9.94. The maximum absolute atomic E-state index is 11.9. The average molecular weight is 314 g/mol. The van der Waals surface area contributed by atoms with Crippen LogP contribution in [0, 0.1) is 5.92 Å². The average Bonchev–Trinajstić information content (AvgIpc) is 2.45. The molecule has 4 N–H and O–H groups in total. The van der Waals surface area contributed by atoms with Gasteiger partial charge in [-0.05, 0) is 46.0 Å². The molecule has 0 aliphatic carbocycles. The van der Waals surface area contributed by atoms with E-state index in [4.69, 9.17) is 10.6 Å². The molecule has 1 rings (SSSR count). The van der Waals surface area contributed by atoms with Crippen LogP contribution in [0.15, 0.2) is 0 Å². The molecule has 8 nitrogen and oxygen atoms in total. The van der Waals surface area contributed by atoms with Gasteiger partial charge in [0.2, 0.25) is 0 Å². The molecule has 0 unspecified atom stereocenters. The summed E-state index contributed by atoms with van der Waals surface area (Å²) in [7, 11) is 0. The van der Waals surface area contributed by atoms with Gasteiger partial charge in [0.25, 0.3) is 0 Å². The largest absolute Gasteiger partial charge is 0.444 e. The van der Waals surface area contributed by atoms with Crippen LogP contribution in [0.25, 0.3) is 0 Å². The van der Waals surface area contributed by atoms with E-state index in [1.807, 2.05) is 20.8 Å². The third-order valence-electron chi connectivity index (χ3n) is 3.44. The summed E-state index contributed by atoms with van der Waals surface area (Å²) < 4.78 is 5.34. The van der Waals surface area contributed by atoms with Crippen LogP contribution < -0.4 is 16.6 Å². The van der Waals surface area contributed by atoms with Gasteiger partial charge in [0, 0.05) is 19.6 Å². The first-order valence-electron chi connectivity index (χ1n) is 7.49. The number of carbonyl (C=O) groups excluding carboxylic acids is 3. The molecule has 0 aromatic carbocycles. The standard InChI is InChI=1S/C14H26N4O4/c1-14(2,3)22-13(21)18-8-5-10(6-9-18)4-7-16-11(19)12(20)17-15/h10H,4-9,15H2,1-3H3,(H,16,19)(H,17,20). The van der Waals surface area contributed by atoms with E-state index in [0.717, 1.165) is 19.3 Å². The van der Waals surface area contributed by atoms with Crippen LogP contribution in [0.3, 0.4) is 0 Å². The molecule has 1 aliphatic heterocycles. The van der Waals surface area contributed by atoms with Gasteiger partial charge in [-0.1, -0.05) is 0 Å². The molecule has 0 saturated carbocycles. The Hall–Kier alpha value is -1.83. The lowest BCUT2D eigenvalue weighted by Gasteiger charge is -2.33. The Morgan fingerprint density at radius 1 is 1.18 bits per heavy atom. The highest BCUT2D eigenvalue weighted by atomic mass is 16.6. The van der Waals surface area contributed by atoms with E-state index >= 15 is 0 Å². The minimum atomic E-state index is -0.847. The van der Waals surface area contributed by atoms with Crippen LogP contribution in [0.2, 0.25) is 0 Å². The zero-order chi connectivity index (χ0) is 16.8. The number of hydrogen-bond acceptors (Lipinski definition) is 5. The summed E-state index contributed by atoms with van der Waals surface area (Å²) in [6, 6.07) is 0. The van der Waals surface area contributed by atoms with Gasteiger partial charge in [-0.15, -0.1) is 0 Å². The lowest BCUT2D eigenvalue weighted by molar-refractivity contribution is -0.139. The van der Waals surface area contributed by atoms with Gasteiger partial charge in [0.05, 0.1) is 0 Å². The van der Waals surface area contributed by atoms with Gasteiger partial charge in [0.15, 0.2) is 0 Å². The highest BCUT2D eigenvalue weighted by Gasteiger charge is 2.26. The normalized spacial score (nSPS) is 16.1. The molecule has 0 bridgehead atoms. The first-order chi connectivity index (χ1) is 10.2. The Balaban J connectivity index is 2.24. The Morgan fingerprint density at radius 3 is 2.27 bits per heavy atom. The van der Waals surface area contributed by atoms with E-state index in [1.54, 1.807) is 10.3 Å². The number of nitrogens with two attached hydrogens (primary N) is 1. The third-order valence-corrected chi connectivity index (χ3v) is 3.44. The van der Waals surface area contributed by atoms with Gasteiger partial charge in [-0.3, -0.25) is 15.0 Å². The summed E-state index contributed by atoms with van der Waals surface area (Å²) in [6.07, 6.45) is 2.21. The number of nitrogens with one attached hydrogen (secondary N) is 2. The molecule has 0 radical (unpaired) electrons. The van der Waals surface area contributed by atoms with Crippen molar-refractivity contribution >= 4 is 17.9 Å². The molecule has 8 heteroatoms. The molecule has 1 aliphatic rings. The Labute approximate surface area is 130 Å². The molecule has 1 saturated heterocycles. The van der Waals surface area contributed by atoms with Crippen molar-refractivity contribution in [3.05, 3.63) is 0 Å². The van der Waals surface area contributed by atoms with Crippen molar-refractivity contribution in [2.75, 3.05) is 19.6 Å². The van der Waals surface area contributed by atoms with Gasteiger partial charge in [-0.2, -0.15) is 0 Å². The number of hydrazine groups is 1. The van der Waals surface area contributed by atoms with Crippen LogP contribution >= 0.6 is 0 Å². The van der Waals surface area contributed by atoms with Gasteiger partial charge in [-0.25, -0.2) is 10.6 Å². The number of rotatable bonds is 3. The van der Waals surface area contributed by atoms with E-state index < -0.39 is 17.4 Å². The van der Waals surface area contributed by atoms with E-state index in [1.165, 1.54) is 0 Å². The second kappa shape index (κ2) is 7.98. The predicted octanol–water partition coefficient (Wildman–Crippen LogP) is 0.130. The lowest BCUT2D eigenvalue weighted by Crippen LogP contribution is -2.44. The zero-order valence-corrected chi connectivity index (χ0v) is 13.5. The molecule has 0 atom stereocenters. The summed E-state index contributed by atoms with van der Waals surface area (Å²) in [6.45, 7) is 7.25. The first-order valence-corrected chi connectivity index (χ1v) is 7.49. The first kappa shape index (κ1) is 18.2. The molecule has 22 heavy (non-hydrogen) atoms. The number of hydrogen-bond donors (Lipinski definition) is 3. The summed E-state index contributed by atoms with van der Waals surface area (Å²) in [5, 5.41) is 2.51. The molecule has 3 amide bonds. The minimum Gasteiger partial charge on any atom is -0.444 e. The van der Waals surface area contributed by atoms with E-state index in [0.29, 0.717) is 25.6 Å². The van der Waals surface area contributed by atoms with Crippen molar-refractivity contribution in [3.8, 4) is 0 Å². The third kappa shape index (κ3) is 6.30. The van der Waals surface area contributed by atoms with Crippen LogP contribution in [0.1, 0.15) is 40.0 Å². The number of carbonyl (C=O) groups is 3. The van der Waals surface area contributed by atoms with Crippen molar-refractivity contribution in [2.24, 2.45) is 11.8 Å². The Bertz CT molecular complexity index is 412. The second-order valence-corrected chi connectivity index (χ2v) is 6.43. The van der Waals surface area contributed by atoms with Crippen molar-refractivity contribution in [1.29, 1.82) is 0 Å². The summed E-state index contributed by atoms with van der Waals surface area (Å²) in [5.41, 5.74) is 1.30. The number of piperidine rings is 1. The monoisotopic (exact) mass is 314 g/mol. The van der Waals surface area contributed by atoms with Crippen LogP contribution in [0.5, 0.6) is 0 Å². The van der Waals surface area contributed by atoms with E-state index in [2.05, 4.69) is 5.32 Å². The highest BCUT2D eigenvalue weighted by molar-refractivity contribution is 6.34. The van der Waals surface area contributed by atoms with E-state index in [9.17, 15) is 14.4 Å². The molecule has 1 fully saturated rings. The quantitative estimate of drug-likeness (QED) is 0.296. The molecular weight excluding hydrogens is 288 g/mol. The van der Waals surface area contributed by atoms with Gasteiger partial charge >= 0.3 is 17.9 Å². The summed E-state index contributed by atoms with van der Waals surface area (Å²) in [5.74, 6) is 3.71. The Kier molecular flexibility index (Phi) is 6.61. The number of nitrogens with zero attached hydrogens (tertiary/aromatic N) is 1. The van der Waals surface area contributed by atoms with Gasteiger partial charge in [0.1, 0.15) is 5.60 Å². The topological polar surface area (TPSA) is 114 Å².